The van der Waals surface area contributed by atoms with E-state index in [4.69, 9.17) is 0 Å². The highest BCUT2D eigenvalue weighted by atomic mass is 32.2. The molecule has 0 unspecified atom stereocenters. The maximum absolute atomic E-state index is 12.8. The molecule has 1 aromatic rings. The molecule has 0 aliphatic carbocycles. The van der Waals surface area contributed by atoms with Gasteiger partial charge in [-0.25, -0.2) is 13.1 Å². The molecule has 1 heterocycles. The number of aryl methyl sites for hydroxylation is 1. The van der Waals surface area contributed by atoms with Crippen LogP contribution in [0, 0.1) is 12.8 Å². The van der Waals surface area contributed by atoms with Crippen LogP contribution in [0.1, 0.15) is 51.2 Å². The molecule has 27 heavy (non-hydrogen) atoms. The zero-order valence-corrected chi connectivity index (χ0v) is 17.4. The number of carbonyl (C=O) groups is 2. The highest BCUT2D eigenvalue weighted by molar-refractivity contribution is 7.89. The first-order valence-corrected chi connectivity index (χ1v) is 10.9. The fraction of sp³-hybridized carbons (Fsp3) is 0.500. The smallest absolute Gasteiger partial charge is 0.270 e. The van der Waals surface area contributed by atoms with Gasteiger partial charge in [-0.05, 0) is 50.2 Å². The van der Waals surface area contributed by atoms with Crippen molar-refractivity contribution in [2.75, 3.05) is 6.26 Å². The average Bonchev–Trinajstić information content (AvgIpc) is 2.51. The molecule has 6 nitrogen and oxygen atoms in total. The first-order chi connectivity index (χ1) is 12.4. The fourth-order valence-electron chi connectivity index (χ4n) is 3.22. The molecule has 2 N–H and O–H groups in total. The Morgan fingerprint density at radius 2 is 1.85 bits per heavy atom. The van der Waals surface area contributed by atoms with Gasteiger partial charge >= 0.3 is 0 Å². The molecule has 7 heteroatoms. The van der Waals surface area contributed by atoms with Crippen molar-refractivity contribution in [2.45, 2.75) is 52.5 Å². The molecule has 0 fully saturated rings. The lowest BCUT2D eigenvalue weighted by Gasteiger charge is -2.37. The summed E-state index contributed by atoms with van der Waals surface area (Å²) in [5.74, 6) is -0.943. The monoisotopic (exact) mass is 392 g/mol. The summed E-state index contributed by atoms with van der Waals surface area (Å²) < 4.78 is 24.9. The van der Waals surface area contributed by atoms with Gasteiger partial charge in [0.05, 0.1) is 6.26 Å². The van der Waals surface area contributed by atoms with E-state index in [1.165, 1.54) is 0 Å². The van der Waals surface area contributed by atoms with Gasteiger partial charge in [-0.15, -0.1) is 0 Å². The van der Waals surface area contributed by atoms with E-state index in [0.717, 1.165) is 30.2 Å². The quantitative estimate of drug-likeness (QED) is 0.728. The van der Waals surface area contributed by atoms with Gasteiger partial charge in [0.15, 0.2) is 0 Å². The topological polar surface area (TPSA) is 92.3 Å². The summed E-state index contributed by atoms with van der Waals surface area (Å²) in [7, 11) is -3.77. The first kappa shape index (κ1) is 21.2. The number of nitrogens with one attached hydrogen (secondary N) is 2. The van der Waals surface area contributed by atoms with Crippen molar-refractivity contribution in [2.24, 2.45) is 5.92 Å². The summed E-state index contributed by atoms with van der Waals surface area (Å²) in [5.41, 5.74) is 1.77. The fourth-order valence-corrected chi connectivity index (χ4v) is 3.65. The van der Waals surface area contributed by atoms with Gasteiger partial charge in [0.25, 0.3) is 11.8 Å². The van der Waals surface area contributed by atoms with Gasteiger partial charge in [-0.3, -0.25) is 9.59 Å². The number of amides is 2. The summed E-state index contributed by atoms with van der Waals surface area (Å²) in [6, 6.07) is 7.54. The van der Waals surface area contributed by atoms with E-state index in [-0.39, 0.29) is 5.57 Å². The van der Waals surface area contributed by atoms with Crippen LogP contribution in [0.5, 0.6) is 0 Å². The molecule has 0 saturated heterocycles. The summed E-state index contributed by atoms with van der Waals surface area (Å²) in [6.07, 6.45) is 3.06. The van der Waals surface area contributed by atoms with Crippen molar-refractivity contribution < 1.29 is 18.0 Å². The number of sulfonamides is 1. The van der Waals surface area contributed by atoms with E-state index in [1.54, 1.807) is 0 Å². The lowest BCUT2D eigenvalue weighted by Crippen LogP contribution is -2.52. The Labute approximate surface area is 161 Å². The van der Waals surface area contributed by atoms with Crippen LogP contribution in [0.3, 0.4) is 0 Å². The molecular weight excluding hydrogens is 364 g/mol. The van der Waals surface area contributed by atoms with Crippen LogP contribution in [0.15, 0.2) is 29.8 Å². The predicted molar refractivity (Wildman–Crippen MR) is 106 cm³/mol. The van der Waals surface area contributed by atoms with Crippen LogP contribution in [0.2, 0.25) is 0 Å². The average molecular weight is 393 g/mol. The van der Waals surface area contributed by atoms with E-state index >= 15 is 0 Å². The summed E-state index contributed by atoms with van der Waals surface area (Å²) in [4.78, 5) is 25.4. The SMILES string of the molecule is Cc1ccc(C2=C(C(=O)NS(C)(=O)=O)C(=O)N[C@](C)(CCC(C)C)C2)cc1. The molecule has 2 amide bonds. The van der Waals surface area contributed by atoms with E-state index in [0.29, 0.717) is 17.9 Å². The van der Waals surface area contributed by atoms with Crippen molar-refractivity contribution in [3.05, 3.63) is 41.0 Å². The molecule has 1 aromatic carbocycles. The zero-order chi connectivity index (χ0) is 20.4. The van der Waals surface area contributed by atoms with E-state index in [2.05, 4.69) is 19.2 Å². The number of carbonyl (C=O) groups excluding carboxylic acids is 2. The maximum atomic E-state index is 12.8. The van der Waals surface area contributed by atoms with Gasteiger partial charge in [0, 0.05) is 5.54 Å². The van der Waals surface area contributed by atoms with Gasteiger partial charge in [0.1, 0.15) is 5.57 Å². The van der Waals surface area contributed by atoms with E-state index < -0.39 is 27.4 Å². The van der Waals surface area contributed by atoms with E-state index in [1.807, 2.05) is 42.8 Å². The Kier molecular flexibility index (Phi) is 6.14. The molecule has 148 valence electrons. The van der Waals surface area contributed by atoms with Crippen LogP contribution < -0.4 is 10.0 Å². The Morgan fingerprint density at radius 3 is 2.37 bits per heavy atom. The lowest BCUT2D eigenvalue weighted by atomic mass is 9.79. The molecule has 1 aliphatic heterocycles. The lowest BCUT2D eigenvalue weighted by molar-refractivity contribution is -0.124. The minimum absolute atomic E-state index is 0.133. The number of hydrogen-bond acceptors (Lipinski definition) is 4. The molecule has 0 bridgehead atoms. The molecule has 0 aromatic heterocycles. The zero-order valence-electron chi connectivity index (χ0n) is 16.5. The Morgan fingerprint density at radius 1 is 1.26 bits per heavy atom. The number of hydrogen-bond donors (Lipinski definition) is 2. The Balaban J connectivity index is 2.52. The van der Waals surface area contributed by atoms with Crippen molar-refractivity contribution >= 4 is 27.4 Å². The summed E-state index contributed by atoms with van der Waals surface area (Å²) in [6.45, 7) is 8.16. The molecule has 0 spiro atoms. The van der Waals surface area contributed by atoms with Crippen LogP contribution in [-0.4, -0.2) is 32.0 Å². The number of rotatable bonds is 6. The highest BCUT2D eigenvalue weighted by Gasteiger charge is 2.39. The van der Waals surface area contributed by atoms with Crippen molar-refractivity contribution in [3.8, 4) is 0 Å². The van der Waals surface area contributed by atoms with E-state index in [9.17, 15) is 18.0 Å². The van der Waals surface area contributed by atoms with Gasteiger partial charge < -0.3 is 5.32 Å². The highest BCUT2D eigenvalue weighted by Crippen LogP contribution is 2.35. The minimum atomic E-state index is -3.77. The third kappa shape index (κ3) is 5.66. The Hall–Kier alpha value is -2.15. The van der Waals surface area contributed by atoms with Crippen LogP contribution in [-0.2, 0) is 19.6 Å². The largest absolute Gasteiger partial charge is 0.346 e. The van der Waals surface area contributed by atoms with Crippen molar-refractivity contribution in [3.63, 3.8) is 0 Å². The minimum Gasteiger partial charge on any atom is -0.346 e. The van der Waals surface area contributed by atoms with Gasteiger partial charge in [-0.2, -0.15) is 0 Å². The molecular formula is C20H28N2O4S. The second-order valence-corrected chi connectivity index (χ2v) is 9.80. The summed E-state index contributed by atoms with van der Waals surface area (Å²) in [5, 5.41) is 2.92. The molecule has 0 saturated carbocycles. The third-order valence-corrected chi connectivity index (χ3v) is 5.25. The maximum Gasteiger partial charge on any atom is 0.270 e. The van der Waals surface area contributed by atoms with Crippen LogP contribution in [0.25, 0.3) is 5.57 Å². The number of benzene rings is 1. The normalized spacial score (nSPS) is 20.6. The Bertz CT molecular complexity index is 870. The van der Waals surface area contributed by atoms with Crippen molar-refractivity contribution in [1.82, 2.24) is 10.0 Å². The van der Waals surface area contributed by atoms with Crippen LogP contribution >= 0.6 is 0 Å². The molecule has 0 radical (unpaired) electrons. The van der Waals surface area contributed by atoms with Gasteiger partial charge in [-0.1, -0.05) is 43.7 Å². The summed E-state index contributed by atoms with van der Waals surface area (Å²) >= 11 is 0. The van der Waals surface area contributed by atoms with Gasteiger partial charge in [0.2, 0.25) is 10.0 Å². The third-order valence-electron chi connectivity index (χ3n) is 4.69. The van der Waals surface area contributed by atoms with Crippen LogP contribution in [0.4, 0.5) is 0 Å². The second kappa shape index (κ2) is 7.84. The standard InChI is InChI=1S/C20H28N2O4S/c1-13(2)10-11-20(4)12-16(15-8-6-14(3)7-9-15)17(18(23)21-20)19(24)22-27(5,25)26/h6-9,13H,10-12H2,1-5H3,(H,21,23)(H,22,24)/t20-/m1/s1. The molecule has 1 aliphatic rings. The second-order valence-electron chi connectivity index (χ2n) is 8.05. The predicted octanol–water partition coefficient (Wildman–Crippen LogP) is 2.54. The van der Waals surface area contributed by atoms with Crippen molar-refractivity contribution in [1.29, 1.82) is 0 Å². The first-order valence-electron chi connectivity index (χ1n) is 9.05. The molecule has 2 rings (SSSR count). The molecule has 1 atom stereocenters.